The number of ether oxygens (including phenoxy) is 4. The largest absolute Gasteiger partial charge is 0.497 e. The highest BCUT2D eigenvalue weighted by molar-refractivity contribution is 5.44. The highest BCUT2D eigenvalue weighted by atomic mass is 16.6. The van der Waals surface area contributed by atoms with Crippen LogP contribution in [0.3, 0.4) is 0 Å². The zero-order chi connectivity index (χ0) is 17.7. The number of hydrogen-bond acceptors (Lipinski definition) is 7. The molecule has 7 heteroatoms. The second-order valence-corrected chi connectivity index (χ2v) is 4.30. The maximum Gasteiger partial charge on any atom is 0.295 e. The van der Waals surface area contributed by atoms with Gasteiger partial charge >= 0.3 is 0 Å². The van der Waals surface area contributed by atoms with Crippen molar-refractivity contribution in [2.24, 2.45) is 0 Å². The fraction of sp³-hybridized carbons (Fsp3) is 0.562. The minimum atomic E-state index is -1.44. The van der Waals surface area contributed by atoms with E-state index in [9.17, 15) is 15.0 Å². The molecule has 0 saturated carbocycles. The first-order valence-corrected chi connectivity index (χ1v) is 7.27. The van der Waals surface area contributed by atoms with Crippen molar-refractivity contribution in [1.29, 1.82) is 0 Å². The summed E-state index contributed by atoms with van der Waals surface area (Å²) in [6.07, 6.45) is -1.44. The Hall–Kier alpha value is -1.83. The number of aliphatic hydroxyl groups excluding tert-OH is 2. The predicted molar refractivity (Wildman–Crippen MR) is 84.7 cm³/mol. The molecule has 0 spiro atoms. The summed E-state index contributed by atoms with van der Waals surface area (Å²) in [5.41, 5.74) is 0.523. The number of carbonyl (C=O) groups is 1. The van der Waals surface area contributed by atoms with Gasteiger partial charge in [0.15, 0.2) is 0 Å². The average Bonchev–Trinajstić information content (AvgIpc) is 2.57. The lowest BCUT2D eigenvalue weighted by molar-refractivity contribution is -0.157. The van der Waals surface area contributed by atoms with Gasteiger partial charge in [0, 0.05) is 24.8 Å². The van der Waals surface area contributed by atoms with Gasteiger partial charge in [-0.05, 0) is 19.9 Å². The Labute approximate surface area is 136 Å². The Balaban J connectivity index is 0.000000841. The number of benzene rings is 1. The van der Waals surface area contributed by atoms with Gasteiger partial charge in [-0.2, -0.15) is 0 Å². The minimum Gasteiger partial charge on any atom is -0.497 e. The molecule has 7 nitrogen and oxygen atoms in total. The van der Waals surface area contributed by atoms with E-state index >= 15 is 0 Å². The lowest BCUT2D eigenvalue weighted by Gasteiger charge is -2.21. The predicted octanol–water partition coefficient (Wildman–Crippen LogP) is 1.31. The maximum absolute atomic E-state index is 10.2. The number of methoxy groups -OCH3 is 2. The van der Waals surface area contributed by atoms with Crippen molar-refractivity contribution in [3.8, 4) is 11.5 Å². The van der Waals surface area contributed by atoms with Gasteiger partial charge in [-0.15, -0.1) is 0 Å². The number of aliphatic hydroxyl groups is 2. The Morgan fingerprint density at radius 3 is 2.22 bits per heavy atom. The lowest BCUT2D eigenvalue weighted by atomic mass is 9.98. The summed E-state index contributed by atoms with van der Waals surface area (Å²) >= 11 is 0. The van der Waals surface area contributed by atoms with Gasteiger partial charge in [-0.25, -0.2) is 0 Å². The van der Waals surface area contributed by atoms with Crippen LogP contribution in [0, 0.1) is 0 Å². The summed E-state index contributed by atoms with van der Waals surface area (Å²) in [5.74, 6) is 0.232. The molecule has 0 radical (unpaired) electrons. The third kappa shape index (κ3) is 7.32. The fourth-order valence-electron chi connectivity index (χ4n) is 1.82. The lowest BCUT2D eigenvalue weighted by Crippen LogP contribution is -2.24. The Bertz CT molecular complexity index is 434. The normalized spacial score (nSPS) is 12.4. The third-order valence-electron chi connectivity index (χ3n) is 2.98. The van der Waals surface area contributed by atoms with Gasteiger partial charge in [0.25, 0.3) is 6.47 Å². The molecule has 0 saturated heterocycles. The maximum atomic E-state index is 10.2. The van der Waals surface area contributed by atoms with Gasteiger partial charge in [-0.1, -0.05) is 6.07 Å². The molecular formula is C16H26O7. The molecule has 2 unspecified atom stereocenters. The van der Waals surface area contributed by atoms with E-state index in [4.69, 9.17) is 14.2 Å². The number of rotatable bonds is 9. The molecule has 0 aromatic heterocycles. The molecule has 2 atom stereocenters. The quantitative estimate of drug-likeness (QED) is 0.521. The van der Waals surface area contributed by atoms with Crippen LogP contribution >= 0.6 is 0 Å². The van der Waals surface area contributed by atoms with Gasteiger partial charge in [-0.3, -0.25) is 4.79 Å². The zero-order valence-corrected chi connectivity index (χ0v) is 14.0. The smallest absolute Gasteiger partial charge is 0.295 e. The van der Waals surface area contributed by atoms with E-state index in [2.05, 4.69) is 4.74 Å². The van der Waals surface area contributed by atoms with E-state index in [1.807, 2.05) is 13.8 Å². The molecule has 23 heavy (non-hydrogen) atoms. The van der Waals surface area contributed by atoms with E-state index in [-0.39, 0.29) is 6.47 Å². The van der Waals surface area contributed by atoms with Gasteiger partial charge < -0.3 is 29.2 Å². The minimum absolute atomic E-state index is 0.128. The van der Waals surface area contributed by atoms with Crippen LogP contribution in [0.1, 0.15) is 25.3 Å². The van der Waals surface area contributed by atoms with E-state index in [0.29, 0.717) is 17.1 Å². The van der Waals surface area contributed by atoms with E-state index in [1.165, 1.54) is 14.2 Å². The van der Waals surface area contributed by atoms with Crippen LogP contribution < -0.4 is 9.47 Å². The molecule has 0 aliphatic heterocycles. The van der Waals surface area contributed by atoms with Crippen molar-refractivity contribution in [2.45, 2.75) is 26.1 Å². The summed E-state index contributed by atoms with van der Waals surface area (Å²) in [4.78, 5) is 10.2. The second-order valence-electron chi connectivity index (χ2n) is 4.30. The molecule has 2 N–H and O–H groups in total. The van der Waals surface area contributed by atoms with Gasteiger partial charge in [0.2, 0.25) is 6.29 Å². The molecule has 1 aromatic carbocycles. The van der Waals surface area contributed by atoms with Crippen LogP contribution in [0.5, 0.6) is 11.5 Å². The highest BCUT2D eigenvalue weighted by Gasteiger charge is 2.25. The standard InChI is InChI=1S/C12H16O6.C4H10O/c1-16-8-3-4-9(11(5-8)17-2)10(6-13)12(15)18-7-14;1-3-5-4-2/h3-5,7,10,12-13,15H,6H2,1-2H3;3-4H2,1-2H3. The summed E-state index contributed by atoms with van der Waals surface area (Å²) in [6.45, 7) is 5.40. The summed E-state index contributed by atoms with van der Waals surface area (Å²) in [5, 5.41) is 18.9. The first-order chi connectivity index (χ1) is 11.1. The van der Waals surface area contributed by atoms with Gasteiger partial charge in [0.05, 0.1) is 26.7 Å². The van der Waals surface area contributed by atoms with Crippen molar-refractivity contribution in [3.05, 3.63) is 23.8 Å². The molecule has 1 aromatic rings. The van der Waals surface area contributed by atoms with Crippen LogP contribution in [-0.2, 0) is 14.3 Å². The monoisotopic (exact) mass is 330 g/mol. The number of hydrogen-bond donors (Lipinski definition) is 2. The van der Waals surface area contributed by atoms with Crippen LogP contribution in [0.15, 0.2) is 18.2 Å². The molecule has 0 heterocycles. The van der Waals surface area contributed by atoms with Crippen molar-refractivity contribution >= 4 is 6.47 Å². The molecule has 132 valence electrons. The second kappa shape index (κ2) is 12.7. The molecule has 0 amide bonds. The first kappa shape index (κ1) is 21.2. The highest BCUT2D eigenvalue weighted by Crippen LogP contribution is 2.32. The van der Waals surface area contributed by atoms with E-state index in [1.54, 1.807) is 18.2 Å². The van der Waals surface area contributed by atoms with E-state index < -0.39 is 18.8 Å². The van der Waals surface area contributed by atoms with Crippen LogP contribution in [0.4, 0.5) is 0 Å². The van der Waals surface area contributed by atoms with Crippen LogP contribution in [0.25, 0.3) is 0 Å². The summed E-state index contributed by atoms with van der Waals surface area (Å²) < 4.78 is 19.5. The van der Waals surface area contributed by atoms with Crippen molar-refractivity contribution < 1.29 is 34.0 Å². The SMILES string of the molecule is CCOCC.COc1ccc(C(CO)C(O)OC=O)c(OC)c1. The first-order valence-electron chi connectivity index (χ1n) is 7.27. The van der Waals surface area contributed by atoms with Crippen molar-refractivity contribution in [3.63, 3.8) is 0 Å². The molecule has 1 rings (SSSR count). The fourth-order valence-corrected chi connectivity index (χ4v) is 1.82. The molecule has 0 bridgehead atoms. The average molecular weight is 330 g/mol. The Morgan fingerprint density at radius 1 is 1.17 bits per heavy atom. The zero-order valence-electron chi connectivity index (χ0n) is 14.0. The summed E-state index contributed by atoms with van der Waals surface area (Å²) in [7, 11) is 2.97. The molecular weight excluding hydrogens is 304 g/mol. The van der Waals surface area contributed by atoms with Crippen LogP contribution in [0.2, 0.25) is 0 Å². The number of carbonyl (C=O) groups excluding carboxylic acids is 1. The molecule has 0 fully saturated rings. The molecule has 0 aliphatic rings. The van der Waals surface area contributed by atoms with Crippen molar-refractivity contribution in [1.82, 2.24) is 0 Å². The Kier molecular flexibility index (Phi) is 11.7. The third-order valence-corrected chi connectivity index (χ3v) is 2.98. The topological polar surface area (TPSA) is 94.5 Å². The Morgan fingerprint density at radius 2 is 1.83 bits per heavy atom. The van der Waals surface area contributed by atoms with Gasteiger partial charge in [0.1, 0.15) is 11.5 Å². The van der Waals surface area contributed by atoms with Crippen LogP contribution in [-0.4, -0.2) is 57.0 Å². The van der Waals surface area contributed by atoms with E-state index in [0.717, 1.165) is 13.2 Å². The van der Waals surface area contributed by atoms with Crippen molar-refractivity contribution in [2.75, 3.05) is 34.0 Å². The molecule has 0 aliphatic carbocycles. The summed E-state index contributed by atoms with van der Waals surface area (Å²) in [6, 6.07) is 4.91.